The molecule has 0 radical (unpaired) electrons. The van der Waals surface area contributed by atoms with E-state index in [9.17, 15) is 14.4 Å². The molecule has 0 aromatic carbocycles. The lowest BCUT2D eigenvalue weighted by Crippen LogP contribution is -2.55. The van der Waals surface area contributed by atoms with E-state index in [-0.39, 0.29) is 12.0 Å². The molecule has 0 saturated carbocycles. The second-order valence-electron chi connectivity index (χ2n) is 7.15. The Kier molecular flexibility index (Phi) is 7.99. The molecule has 1 saturated heterocycles. The first-order valence-electron chi connectivity index (χ1n) is 8.84. The quantitative estimate of drug-likeness (QED) is 0.760. The number of carbonyl (C=O) groups excluding carboxylic acids is 3. The molecule has 144 valence electrons. The lowest BCUT2D eigenvalue weighted by Gasteiger charge is -2.35. The van der Waals surface area contributed by atoms with Crippen LogP contribution in [0.4, 0.5) is 9.59 Å². The van der Waals surface area contributed by atoms with Crippen LogP contribution in [-0.2, 0) is 14.3 Å². The zero-order chi connectivity index (χ0) is 19.0. The topological polar surface area (TPSA) is 88.2 Å². The average molecular weight is 357 g/mol. The van der Waals surface area contributed by atoms with Crippen molar-refractivity contribution in [3.63, 3.8) is 0 Å². The smallest absolute Gasteiger partial charge is 0.409 e. The Morgan fingerprint density at radius 2 is 1.64 bits per heavy atom. The standard InChI is InChI=1S/C17H31N3O5/c1-6-7-12-24-16(23)20-10-8-19(9-11-20)14(21)13(2)18-15(22)25-17(3,4)5/h13H,6-12H2,1-5H3,(H,18,22). The van der Waals surface area contributed by atoms with Crippen LogP contribution in [0, 0.1) is 0 Å². The summed E-state index contributed by atoms with van der Waals surface area (Å²) in [6.07, 6.45) is 0.864. The molecule has 1 rings (SSSR count). The van der Waals surface area contributed by atoms with Crippen molar-refractivity contribution in [3.05, 3.63) is 0 Å². The van der Waals surface area contributed by atoms with Gasteiger partial charge in [-0.25, -0.2) is 9.59 Å². The van der Waals surface area contributed by atoms with Crippen molar-refractivity contribution < 1.29 is 23.9 Å². The summed E-state index contributed by atoms with van der Waals surface area (Å²) in [7, 11) is 0. The zero-order valence-electron chi connectivity index (χ0n) is 16.0. The van der Waals surface area contributed by atoms with Crippen molar-refractivity contribution in [3.8, 4) is 0 Å². The summed E-state index contributed by atoms with van der Waals surface area (Å²) in [6, 6.07) is -0.682. The van der Waals surface area contributed by atoms with E-state index < -0.39 is 17.7 Å². The Bertz CT molecular complexity index is 467. The van der Waals surface area contributed by atoms with Gasteiger partial charge in [0.25, 0.3) is 0 Å². The normalized spacial score (nSPS) is 16.2. The SMILES string of the molecule is CCCCOC(=O)N1CCN(C(=O)C(C)NC(=O)OC(C)(C)C)CC1. The van der Waals surface area contributed by atoms with Crippen LogP contribution >= 0.6 is 0 Å². The van der Waals surface area contributed by atoms with Gasteiger partial charge >= 0.3 is 12.2 Å². The molecule has 1 atom stereocenters. The predicted octanol–water partition coefficient (Wildman–Crippen LogP) is 1.98. The van der Waals surface area contributed by atoms with Crippen molar-refractivity contribution in [1.29, 1.82) is 0 Å². The number of unbranched alkanes of at least 4 members (excludes halogenated alkanes) is 1. The van der Waals surface area contributed by atoms with Gasteiger partial charge in [0.05, 0.1) is 6.61 Å². The Labute approximate surface area is 149 Å². The van der Waals surface area contributed by atoms with Crippen LogP contribution in [0.25, 0.3) is 0 Å². The molecule has 1 aliphatic heterocycles. The fourth-order valence-corrected chi connectivity index (χ4v) is 2.32. The molecule has 0 bridgehead atoms. The number of hydrogen-bond donors (Lipinski definition) is 1. The molecule has 25 heavy (non-hydrogen) atoms. The maximum absolute atomic E-state index is 12.4. The number of rotatable bonds is 5. The van der Waals surface area contributed by atoms with E-state index in [1.807, 2.05) is 6.92 Å². The van der Waals surface area contributed by atoms with Gasteiger partial charge < -0.3 is 24.6 Å². The Morgan fingerprint density at radius 1 is 1.08 bits per heavy atom. The van der Waals surface area contributed by atoms with E-state index in [4.69, 9.17) is 9.47 Å². The maximum atomic E-state index is 12.4. The molecule has 0 aromatic rings. The average Bonchev–Trinajstić information content (AvgIpc) is 2.52. The summed E-state index contributed by atoms with van der Waals surface area (Å²) in [4.78, 5) is 39.3. The van der Waals surface area contributed by atoms with Crippen molar-refractivity contribution in [1.82, 2.24) is 15.1 Å². The van der Waals surface area contributed by atoms with Gasteiger partial charge in [-0.3, -0.25) is 4.79 Å². The van der Waals surface area contributed by atoms with Gasteiger partial charge in [0.2, 0.25) is 5.91 Å². The first-order valence-corrected chi connectivity index (χ1v) is 8.84. The van der Waals surface area contributed by atoms with E-state index in [1.54, 1.807) is 37.5 Å². The number of nitrogens with one attached hydrogen (secondary N) is 1. The highest BCUT2D eigenvalue weighted by molar-refractivity contribution is 5.85. The molecule has 1 N–H and O–H groups in total. The lowest BCUT2D eigenvalue weighted by molar-refractivity contribution is -0.134. The summed E-state index contributed by atoms with van der Waals surface area (Å²) < 4.78 is 10.3. The first-order chi connectivity index (χ1) is 11.6. The minimum absolute atomic E-state index is 0.190. The van der Waals surface area contributed by atoms with Crippen LogP contribution in [0.1, 0.15) is 47.5 Å². The Balaban J connectivity index is 2.39. The summed E-state index contributed by atoms with van der Waals surface area (Å²) in [6.45, 7) is 11.1. The number of piperazine rings is 1. The summed E-state index contributed by atoms with van der Waals surface area (Å²) in [5.41, 5.74) is -0.614. The van der Waals surface area contributed by atoms with Crippen LogP contribution in [0.3, 0.4) is 0 Å². The third-order valence-electron chi connectivity index (χ3n) is 3.68. The highest BCUT2D eigenvalue weighted by Gasteiger charge is 2.29. The molecule has 1 aliphatic rings. The number of amides is 3. The van der Waals surface area contributed by atoms with Gasteiger partial charge in [-0.15, -0.1) is 0 Å². The minimum atomic E-state index is -0.682. The zero-order valence-corrected chi connectivity index (χ0v) is 16.0. The van der Waals surface area contributed by atoms with Crippen molar-refractivity contribution in [2.45, 2.75) is 59.1 Å². The predicted molar refractivity (Wildman–Crippen MR) is 93.2 cm³/mol. The summed E-state index contributed by atoms with van der Waals surface area (Å²) in [5, 5.41) is 2.54. The van der Waals surface area contributed by atoms with Gasteiger partial charge in [0.1, 0.15) is 11.6 Å². The van der Waals surface area contributed by atoms with E-state index in [0.717, 1.165) is 12.8 Å². The number of nitrogens with zero attached hydrogens (tertiary/aromatic N) is 2. The maximum Gasteiger partial charge on any atom is 0.409 e. The van der Waals surface area contributed by atoms with Gasteiger partial charge in [0.15, 0.2) is 0 Å². The summed E-state index contributed by atoms with van der Waals surface area (Å²) in [5.74, 6) is -0.190. The van der Waals surface area contributed by atoms with E-state index in [0.29, 0.717) is 32.8 Å². The molecular weight excluding hydrogens is 326 g/mol. The second kappa shape index (κ2) is 9.48. The second-order valence-corrected chi connectivity index (χ2v) is 7.15. The van der Waals surface area contributed by atoms with E-state index >= 15 is 0 Å². The van der Waals surface area contributed by atoms with E-state index in [2.05, 4.69) is 5.32 Å². The molecular formula is C17H31N3O5. The lowest BCUT2D eigenvalue weighted by atomic mass is 10.2. The molecule has 8 heteroatoms. The van der Waals surface area contributed by atoms with Gasteiger partial charge in [-0.1, -0.05) is 13.3 Å². The van der Waals surface area contributed by atoms with Crippen molar-refractivity contribution >= 4 is 18.1 Å². The first kappa shape index (κ1) is 21.1. The van der Waals surface area contributed by atoms with Crippen LogP contribution in [0.15, 0.2) is 0 Å². The minimum Gasteiger partial charge on any atom is -0.449 e. The fraction of sp³-hybridized carbons (Fsp3) is 0.824. The van der Waals surface area contributed by atoms with Gasteiger partial charge in [0, 0.05) is 26.2 Å². The van der Waals surface area contributed by atoms with E-state index in [1.165, 1.54) is 0 Å². The molecule has 1 heterocycles. The monoisotopic (exact) mass is 357 g/mol. The fourth-order valence-electron chi connectivity index (χ4n) is 2.32. The summed E-state index contributed by atoms with van der Waals surface area (Å²) >= 11 is 0. The Morgan fingerprint density at radius 3 is 2.16 bits per heavy atom. The number of hydrogen-bond acceptors (Lipinski definition) is 5. The van der Waals surface area contributed by atoms with Gasteiger partial charge in [-0.05, 0) is 34.1 Å². The van der Waals surface area contributed by atoms with Crippen LogP contribution in [-0.4, -0.2) is 72.3 Å². The molecule has 1 fully saturated rings. The molecule has 8 nitrogen and oxygen atoms in total. The molecule has 0 aliphatic carbocycles. The number of alkyl carbamates (subject to hydrolysis) is 1. The van der Waals surface area contributed by atoms with Crippen LogP contribution in [0.2, 0.25) is 0 Å². The van der Waals surface area contributed by atoms with Crippen molar-refractivity contribution in [2.24, 2.45) is 0 Å². The largest absolute Gasteiger partial charge is 0.449 e. The van der Waals surface area contributed by atoms with Crippen LogP contribution < -0.4 is 5.32 Å². The number of ether oxygens (including phenoxy) is 2. The molecule has 0 aromatic heterocycles. The highest BCUT2D eigenvalue weighted by atomic mass is 16.6. The van der Waals surface area contributed by atoms with Crippen molar-refractivity contribution in [2.75, 3.05) is 32.8 Å². The third-order valence-corrected chi connectivity index (χ3v) is 3.68. The third kappa shape index (κ3) is 7.62. The van der Waals surface area contributed by atoms with Gasteiger partial charge in [-0.2, -0.15) is 0 Å². The Hall–Kier alpha value is -1.99. The highest BCUT2D eigenvalue weighted by Crippen LogP contribution is 2.09. The molecule has 1 unspecified atom stereocenters. The molecule has 0 spiro atoms. The van der Waals surface area contributed by atoms with Crippen LogP contribution in [0.5, 0.6) is 0 Å². The number of carbonyl (C=O) groups is 3. The molecule has 3 amide bonds.